The predicted octanol–water partition coefficient (Wildman–Crippen LogP) is 5.04. The summed E-state index contributed by atoms with van der Waals surface area (Å²) in [4.78, 5) is 16.6. The lowest BCUT2D eigenvalue weighted by molar-refractivity contribution is 0.000567. The van der Waals surface area contributed by atoms with Crippen molar-refractivity contribution in [3.05, 3.63) is 46.4 Å². The van der Waals surface area contributed by atoms with Gasteiger partial charge in [0.15, 0.2) is 0 Å². The standard InChI is InChI=1S/C21H27BrN2O2/c1-15-13-23(10-11-24(15)20(25)26-21(2,3)4)14-16-8-9-18-17(12-16)6-5-7-19(18)22/h5-9,12,15H,10-11,13-14H2,1-4H3. The van der Waals surface area contributed by atoms with Crippen LogP contribution in [0.5, 0.6) is 0 Å². The first-order valence-corrected chi connectivity index (χ1v) is 9.91. The van der Waals surface area contributed by atoms with Crippen molar-refractivity contribution in [2.24, 2.45) is 0 Å². The molecule has 0 aromatic heterocycles. The van der Waals surface area contributed by atoms with Crippen molar-refractivity contribution in [1.82, 2.24) is 9.80 Å². The Kier molecular flexibility index (Phi) is 5.58. The number of hydrogen-bond acceptors (Lipinski definition) is 3. The lowest BCUT2D eigenvalue weighted by Crippen LogP contribution is -2.54. The minimum Gasteiger partial charge on any atom is -0.444 e. The van der Waals surface area contributed by atoms with Gasteiger partial charge in [0.2, 0.25) is 0 Å². The molecule has 0 radical (unpaired) electrons. The van der Waals surface area contributed by atoms with Gasteiger partial charge in [-0.2, -0.15) is 0 Å². The van der Waals surface area contributed by atoms with E-state index < -0.39 is 5.60 Å². The lowest BCUT2D eigenvalue weighted by atomic mass is 10.1. The van der Waals surface area contributed by atoms with Crippen molar-refractivity contribution in [2.45, 2.75) is 45.9 Å². The largest absolute Gasteiger partial charge is 0.444 e. The van der Waals surface area contributed by atoms with Crippen LogP contribution in [0.15, 0.2) is 40.9 Å². The van der Waals surface area contributed by atoms with E-state index in [1.165, 1.54) is 16.3 Å². The third-order valence-corrected chi connectivity index (χ3v) is 5.33. The van der Waals surface area contributed by atoms with Gasteiger partial charge in [0.1, 0.15) is 5.60 Å². The summed E-state index contributed by atoms with van der Waals surface area (Å²) < 4.78 is 6.65. The molecule has 1 aliphatic rings. The first-order valence-electron chi connectivity index (χ1n) is 9.12. The first-order chi connectivity index (χ1) is 12.2. The summed E-state index contributed by atoms with van der Waals surface area (Å²) in [5.74, 6) is 0. The zero-order chi connectivity index (χ0) is 18.9. The van der Waals surface area contributed by atoms with Gasteiger partial charge < -0.3 is 9.64 Å². The highest BCUT2D eigenvalue weighted by molar-refractivity contribution is 9.10. The number of piperazine rings is 1. The molecule has 0 aliphatic carbocycles. The highest BCUT2D eigenvalue weighted by Gasteiger charge is 2.30. The van der Waals surface area contributed by atoms with Crippen LogP contribution in [0.2, 0.25) is 0 Å². The number of carbonyl (C=O) groups excluding carboxylic acids is 1. The third-order valence-electron chi connectivity index (χ3n) is 4.64. The number of amides is 1. The molecule has 140 valence electrons. The number of halogens is 1. The van der Waals surface area contributed by atoms with Crippen molar-refractivity contribution in [1.29, 1.82) is 0 Å². The molecule has 1 fully saturated rings. The van der Waals surface area contributed by atoms with E-state index in [0.717, 1.165) is 24.1 Å². The van der Waals surface area contributed by atoms with Crippen molar-refractivity contribution in [2.75, 3.05) is 19.6 Å². The zero-order valence-corrected chi connectivity index (χ0v) is 17.5. The van der Waals surface area contributed by atoms with E-state index in [-0.39, 0.29) is 12.1 Å². The Bertz CT molecular complexity index is 800. The molecule has 1 aliphatic heterocycles. The van der Waals surface area contributed by atoms with Crippen LogP contribution in [0, 0.1) is 0 Å². The molecule has 2 aromatic rings. The number of benzene rings is 2. The summed E-state index contributed by atoms with van der Waals surface area (Å²) in [5, 5.41) is 2.48. The van der Waals surface area contributed by atoms with E-state index in [4.69, 9.17) is 4.74 Å². The maximum Gasteiger partial charge on any atom is 0.410 e. The van der Waals surface area contributed by atoms with Gasteiger partial charge in [-0.1, -0.05) is 40.2 Å². The first kappa shape index (κ1) is 19.2. The van der Waals surface area contributed by atoms with Crippen molar-refractivity contribution >= 4 is 32.8 Å². The Balaban J connectivity index is 1.64. The van der Waals surface area contributed by atoms with Gasteiger partial charge in [-0.25, -0.2) is 4.79 Å². The number of carbonyl (C=O) groups is 1. The summed E-state index contributed by atoms with van der Waals surface area (Å²) in [6, 6.07) is 13.1. The van der Waals surface area contributed by atoms with Crippen LogP contribution in [0.25, 0.3) is 10.8 Å². The van der Waals surface area contributed by atoms with Crippen molar-refractivity contribution in [3.63, 3.8) is 0 Å². The van der Waals surface area contributed by atoms with E-state index in [1.807, 2.05) is 25.7 Å². The van der Waals surface area contributed by atoms with Gasteiger partial charge in [0.25, 0.3) is 0 Å². The molecule has 1 atom stereocenters. The molecular weight excluding hydrogens is 392 g/mol. The minimum absolute atomic E-state index is 0.146. The Hall–Kier alpha value is -1.59. The van der Waals surface area contributed by atoms with E-state index in [1.54, 1.807) is 0 Å². The molecule has 1 unspecified atom stereocenters. The second-order valence-corrected chi connectivity index (χ2v) is 8.91. The van der Waals surface area contributed by atoms with Crippen LogP contribution in [0.1, 0.15) is 33.3 Å². The average Bonchev–Trinajstić information content (AvgIpc) is 2.53. The summed E-state index contributed by atoms with van der Waals surface area (Å²) in [5.41, 5.74) is 0.848. The van der Waals surface area contributed by atoms with Crippen LogP contribution in [-0.4, -0.2) is 47.2 Å². The second kappa shape index (κ2) is 7.57. The van der Waals surface area contributed by atoms with Gasteiger partial charge in [0.05, 0.1) is 0 Å². The van der Waals surface area contributed by atoms with Gasteiger partial charge >= 0.3 is 6.09 Å². The molecule has 1 heterocycles. The number of hydrogen-bond donors (Lipinski definition) is 0. The summed E-state index contributed by atoms with van der Waals surface area (Å²) in [7, 11) is 0. The quantitative estimate of drug-likeness (QED) is 0.684. The van der Waals surface area contributed by atoms with Gasteiger partial charge in [-0.3, -0.25) is 4.90 Å². The fourth-order valence-corrected chi connectivity index (χ4v) is 3.93. The van der Waals surface area contributed by atoms with Crippen molar-refractivity contribution in [3.8, 4) is 0 Å². The number of fused-ring (bicyclic) bond motifs is 1. The molecule has 1 saturated heterocycles. The van der Waals surface area contributed by atoms with E-state index in [0.29, 0.717) is 6.54 Å². The Morgan fingerprint density at radius 1 is 1.23 bits per heavy atom. The summed E-state index contributed by atoms with van der Waals surface area (Å²) in [6.45, 7) is 11.1. The molecule has 0 saturated carbocycles. The maximum absolute atomic E-state index is 12.3. The van der Waals surface area contributed by atoms with Gasteiger partial charge in [0, 0.05) is 36.7 Å². The molecule has 0 spiro atoms. The summed E-state index contributed by atoms with van der Waals surface area (Å²) >= 11 is 3.61. The van der Waals surface area contributed by atoms with E-state index in [9.17, 15) is 4.79 Å². The third kappa shape index (κ3) is 4.57. The number of ether oxygens (including phenoxy) is 1. The maximum atomic E-state index is 12.3. The Morgan fingerprint density at radius 2 is 2.00 bits per heavy atom. The Labute approximate surface area is 164 Å². The SMILES string of the molecule is CC1CN(Cc2ccc3c(Br)cccc3c2)CCN1C(=O)OC(C)(C)C. The molecule has 5 heteroatoms. The van der Waals surface area contributed by atoms with Crippen LogP contribution in [-0.2, 0) is 11.3 Å². The molecule has 0 bridgehead atoms. The van der Waals surface area contributed by atoms with Crippen LogP contribution in [0.3, 0.4) is 0 Å². The fourth-order valence-electron chi connectivity index (χ4n) is 3.42. The second-order valence-electron chi connectivity index (χ2n) is 8.05. The normalized spacial score (nSPS) is 19.0. The zero-order valence-electron chi connectivity index (χ0n) is 16.0. The highest BCUT2D eigenvalue weighted by Crippen LogP contribution is 2.25. The topological polar surface area (TPSA) is 32.8 Å². The van der Waals surface area contributed by atoms with Crippen LogP contribution >= 0.6 is 15.9 Å². The molecular formula is C21H27BrN2O2. The van der Waals surface area contributed by atoms with Crippen LogP contribution in [0.4, 0.5) is 4.79 Å². The average molecular weight is 419 g/mol. The number of nitrogens with zero attached hydrogens (tertiary/aromatic N) is 2. The summed E-state index contributed by atoms with van der Waals surface area (Å²) in [6.07, 6.45) is -0.208. The fraction of sp³-hybridized carbons (Fsp3) is 0.476. The van der Waals surface area contributed by atoms with E-state index >= 15 is 0 Å². The van der Waals surface area contributed by atoms with Crippen molar-refractivity contribution < 1.29 is 9.53 Å². The smallest absolute Gasteiger partial charge is 0.410 e. The molecule has 2 aromatic carbocycles. The Morgan fingerprint density at radius 3 is 2.69 bits per heavy atom. The minimum atomic E-state index is -0.451. The molecule has 0 N–H and O–H groups in total. The number of rotatable bonds is 2. The predicted molar refractivity (Wildman–Crippen MR) is 109 cm³/mol. The molecule has 1 amide bonds. The van der Waals surface area contributed by atoms with Gasteiger partial charge in [-0.05, 0) is 56.2 Å². The van der Waals surface area contributed by atoms with Gasteiger partial charge in [-0.15, -0.1) is 0 Å². The molecule has 26 heavy (non-hydrogen) atoms. The molecule has 4 nitrogen and oxygen atoms in total. The van der Waals surface area contributed by atoms with E-state index in [2.05, 4.69) is 64.2 Å². The molecule has 3 rings (SSSR count). The monoisotopic (exact) mass is 418 g/mol. The lowest BCUT2D eigenvalue weighted by Gasteiger charge is -2.40. The highest BCUT2D eigenvalue weighted by atomic mass is 79.9. The van der Waals surface area contributed by atoms with Crippen LogP contribution < -0.4 is 0 Å².